The fraction of sp³-hybridized carbons (Fsp3) is 0.333. The van der Waals surface area contributed by atoms with Gasteiger partial charge in [0.2, 0.25) is 0 Å². The highest BCUT2D eigenvalue weighted by Crippen LogP contribution is 2.26. The second-order valence-corrected chi connectivity index (χ2v) is 6.08. The van der Waals surface area contributed by atoms with E-state index >= 15 is 0 Å². The largest absolute Gasteiger partial charge is 0.340 e. The molecule has 6 heteroatoms. The summed E-state index contributed by atoms with van der Waals surface area (Å²) in [6.45, 7) is 1.93. The van der Waals surface area contributed by atoms with Crippen LogP contribution in [-0.2, 0) is 12.8 Å². The number of nitrogens with zero attached hydrogens (tertiary/aromatic N) is 2. The maximum Gasteiger partial charge on any atom is 0.189 e. The highest BCUT2D eigenvalue weighted by Gasteiger charge is 2.16. The summed E-state index contributed by atoms with van der Waals surface area (Å²) >= 11 is 7.51. The molecular weight excluding hydrogens is 304 g/mol. The lowest BCUT2D eigenvalue weighted by Gasteiger charge is -2.14. The van der Waals surface area contributed by atoms with E-state index in [1.165, 1.54) is 5.56 Å². The predicted molar refractivity (Wildman–Crippen MR) is 88.8 cm³/mol. The second kappa shape index (κ2) is 6.64. The summed E-state index contributed by atoms with van der Waals surface area (Å²) < 4.78 is 0. The van der Waals surface area contributed by atoms with Crippen LogP contribution in [0.25, 0.3) is 0 Å². The normalized spacial score (nSPS) is 14.4. The van der Waals surface area contributed by atoms with Crippen molar-refractivity contribution >= 4 is 34.9 Å². The summed E-state index contributed by atoms with van der Waals surface area (Å²) in [5.41, 5.74) is 3.35. The zero-order valence-corrected chi connectivity index (χ0v) is 13.4. The van der Waals surface area contributed by atoms with E-state index in [0.717, 1.165) is 53.3 Å². The van der Waals surface area contributed by atoms with Gasteiger partial charge in [0.1, 0.15) is 5.82 Å². The minimum absolute atomic E-state index is 0.732. The Bertz CT molecular complexity index is 630. The van der Waals surface area contributed by atoms with Crippen LogP contribution in [0.1, 0.15) is 11.3 Å². The summed E-state index contributed by atoms with van der Waals surface area (Å²) in [6.07, 6.45) is 3.89. The average Bonchev–Trinajstić information content (AvgIpc) is 2.75. The molecule has 3 rings (SSSR count). The SMILES string of the molecule is CSc1nc2c(c(Nc3ccc(Cl)cc3)n1)CCNCC2. The molecule has 1 aliphatic heterocycles. The van der Waals surface area contributed by atoms with E-state index in [2.05, 4.69) is 20.6 Å². The van der Waals surface area contributed by atoms with Gasteiger partial charge < -0.3 is 10.6 Å². The van der Waals surface area contributed by atoms with Gasteiger partial charge in [-0.1, -0.05) is 23.4 Å². The smallest absolute Gasteiger partial charge is 0.189 e. The van der Waals surface area contributed by atoms with E-state index in [9.17, 15) is 0 Å². The highest BCUT2D eigenvalue weighted by atomic mass is 35.5. The third-order valence-electron chi connectivity index (χ3n) is 3.45. The zero-order chi connectivity index (χ0) is 14.7. The Morgan fingerprint density at radius 3 is 2.67 bits per heavy atom. The molecule has 2 aromatic rings. The van der Waals surface area contributed by atoms with Gasteiger partial charge in [-0.15, -0.1) is 0 Å². The van der Waals surface area contributed by atoms with Gasteiger partial charge >= 0.3 is 0 Å². The Kier molecular flexibility index (Phi) is 4.63. The van der Waals surface area contributed by atoms with Crippen molar-refractivity contribution in [2.24, 2.45) is 0 Å². The molecule has 0 saturated heterocycles. The molecule has 0 aliphatic carbocycles. The van der Waals surface area contributed by atoms with Crippen molar-refractivity contribution in [3.63, 3.8) is 0 Å². The van der Waals surface area contributed by atoms with E-state index in [4.69, 9.17) is 11.6 Å². The maximum absolute atomic E-state index is 5.93. The second-order valence-electron chi connectivity index (χ2n) is 4.87. The molecule has 2 N–H and O–H groups in total. The van der Waals surface area contributed by atoms with Gasteiger partial charge in [0, 0.05) is 29.2 Å². The third-order valence-corrected chi connectivity index (χ3v) is 4.25. The van der Waals surface area contributed by atoms with Crippen LogP contribution < -0.4 is 10.6 Å². The minimum Gasteiger partial charge on any atom is -0.340 e. The lowest BCUT2D eigenvalue weighted by Crippen LogP contribution is -2.16. The molecule has 0 radical (unpaired) electrons. The molecule has 4 nitrogen and oxygen atoms in total. The van der Waals surface area contributed by atoms with Crippen molar-refractivity contribution in [2.45, 2.75) is 18.0 Å². The maximum atomic E-state index is 5.93. The van der Waals surface area contributed by atoms with Crippen molar-refractivity contribution < 1.29 is 0 Å². The number of fused-ring (bicyclic) bond motifs is 1. The molecule has 1 aromatic heterocycles. The molecule has 1 aromatic carbocycles. The quantitative estimate of drug-likeness (QED) is 0.671. The number of benzene rings is 1. The Labute approximate surface area is 133 Å². The first-order chi connectivity index (χ1) is 10.3. The molecular formula is C15H17ClN4S. The number of nitrogens with one attached hydrogen (secondary N) is 2. The zero-order valence-electron chi connectivity index (χ0n) is 11.8. The summed E-state index contributed by atoms with van der Waals surface area (Å²) in [5.74, 6) is 0.912. The molecule has 0 amide bonds. The Balaban J connectivity index is 1.97. The van der Waals surface area contributed by atoms with Crippen LogP contribution in [0.4, 0.5) is 11.5 Å². The molecule has 0 spiro atoms. The van der Waals surface area contributed by atoms with Crippen molar-refractivity contribution in [2.75, 3.05) is 24.7 Å². The Morgan fingerprint density at radius 2 is 1.90 bits per heavy atom. The number of hydrogen-bond donors (Lipinski definition) is 2. The topological polar surface area (TPSA) is 49.8 Å². The van der Waals surface area contributed by atoms with Crippen LogP contribution in [0.5, 0.6) is 0 Å². The highest BCUT2D eigenvalue weighted by molar-refractivity contribution is 7.98. The summed E-state index contributed by atoms with van der Waals surface area (Å²) in [5, 5.41) is 8.37. The molecule has 110 valence electrons. The third kappa shape index (κ3) is 3.48. The van der Waals surface area contributed by atoms with Crippen LogP contribution in [0.2, 0.25) is 5.02 Å². The number of halogens is 1. The Hall–Kier alpha value is -1.30. The standard InChI is InChI=1S/C15H17ClN4S/c1-21-15-19-13-7-9-17-8-6-12(13)14(20-15)18-11-4-2-10(16)3-5-11/h2-5,17H,6-9H2,1H3,(H,18,19,20). The number of thioether (sulfide) groups is 1. The number of hydrogen-bond acceptors (Lipinski definition) is 5. The van der Waals surface area contributed by atoms with Gasteiger partial charge in [0.05, 0.1) is 5.69 Å². The molecule has 2 heterocycles. The minimum atomic E-state index is 0.732. The van der Waals surface area contributed by atoms with Crippen molar-refractivity contribution in [1.82, 2.24) is 15.3 Å². The molecule has 0 saturated carbocycles. The lowest BCUT2D eigenvalue weighted by atomic mass is 10.1. The number of rotatable bonds is 3. The van der Waals surface area contributed by atoms with Crippen molar-refractivity contribution in [3.05, 3.63) is 40.5 Å². The summed E-state index contributed by atoms with van der Waals surface area (Å²) in [6, 6.07) is 7.68. The van der Waals surface area contributed by atoms with Crippen molar-refractivity contribution in [1.29, 1.82) is 0 Å². The van der Waals surface area contributed by atoms with Gasteiger partial charge in [0.15, 0.2) is 5.16 Å². The summed E-state index contributed by atoms with van der Waals surface area (Å²) in [4.78, 5) is 9.30. The number of anilines is 2. The van der Waals surface area contributed by atoms with Gasteiger partial charge in [-0.25, -0.2) is 9.97 Å². The van der Waals surface area contributed by atoms with E-state index in [1.807, 2.05) is 30.5 Å². The van der Waals surface area contributed by atoms with Crippen LogP contribution in [0.3, 0.4) is 0 Å². The fourth-order valence-electron chi connectivity index (χ4n) is 2.39. The monoisotopic (exact) mass is 320 g/mol. The molecule has 0 fully saturated rings. The first-order valence-electron chi connectivity index (χ1n) is 6.93. The molecule has 0 atom stereocenters. The predicted octanol–water partition coefficient (Wildman–Crippen LogP) is 3.28. The average molecular weight is 321 g/mol. The fourth-order valence-corrected chi connectivity index (χ4v) is 2.90. The van der Waals surface area contributed by atoms with E-state index < -0.39 is 0 Å². The molecule has 1 aliphatic rings. The van der Waals surface area contributed by atoms with Crippen LogP contribution in [0.15, 0.2) is 29.4 Å². The number of aromatic nitrogens is 2. The Morgan fingerprint density at radius 1 is 1.14 bits per heavy atom. The van der Waals surface area contributed by atoms with E-state index in [0.29, 0.717) is 0 Å². The first kappa shape index (κ1) is 14.6. The van der Waals surface area contributed by atoms with Crippen LogP contribution in [-0.4, -0.2) is 29.3 Å². The first-order valence-corrected chi connectivity index (χ1v) is 8.53. The molecule has 0 bridgehead atoms. The van der Waals surface area contributed by atoms with Gasteiger partial charge in [-0.2, -0.15) is 0 Å². The van der Waals surface area contributed by atoms with Gasteiger partial charge in [0.25, 0.3) is 0 Å². The lowest BCUT2D eigenvalue weighted by molar-refractivity contribution is 0.707. The molecule has 21 heavy (non-hydrogen) atoms. The van der Waals surface area contributed by atoms with Crippen molar-refractivity contribution in [3.8, 4) is 0 Å². The van der Waals surface area contributed by atoms with Crippen LogP contribution >= 0.6 is 23.4 Å². The van der Waals surface area contributed by atoms with Crippen LogP contribution in [0, 0.1) is 0 Å². The summed E-state index contributed by atoms with van der Waals surface area (Å²) in [7, 11) is 0. The molecule has 0 unspecified atom stereocenters. The van der Waals surface area contributed by atoms with E-state index in [1.54, 1.807) is 11.8 Å². The van der Waals surface area contributed by atoms with E-state index in [-0.39, 0.29) is 0 Å². The van der Waals surface area contributed by atoms with Gasteiger partial charge in [-0.05, 0) is 43.5 Å². The van der Waals surface area contributed by atoms with Gasteiger partial charge in [-0.3, -0.25) is 0 Å².